The lowest BCUT2D eigenvalue weighted by molar-refractivity contribution is 0.835. The normalized spacial score (nSPS) is 10.1. The van der Waals surface area contributed by atoms with E-state index in [1.165, 1.54) is 0 Å². The fourth-order valence-corrected chi connectivity index (χ4v) is 1.99. The number of hydrogen-bond donors (Lipinski definition) is 2. The molecular formula is C14H18N4. The first kappa shape index (κ1) is 14.0. The van der Waals surface area contributed by atoms with Gasteiger partial charge in [-0.25, -0.2) is 10.8 Å². The maximum absolute atomic E-state index is 7.09. The zero-order valence-corrected chi connectivity index (χ0v) is 11.2. The van der Waals surface area contributed by atoms with Crippen LogP contribution < -0.4 is 0 Å². The lowest BCUT2D eigenvalue weighted by Gasteiger charge is -2.17. The minimum absolute atomic E-state index is 0.211. The third-order valence-electron chi connectivity index (χ3n) is 2.77. The van der Waals surface area contributed by atoms with Crippen molar-refractivity contribution in [2.75, 3.05) is 0 Å². The highest BCUT2D eigenvalue weighted by atomic mass is 14.8. The van der Waals surface area contributed by atoms with Gasteiger partial charge in [-0.2, -0.15) is 9.98 Å². The van der Waals surface area contributed by atoms with Crippen molar-refractivity contribution in [3.05, 3.63) is 23.3 Å². The van der Waals surface area contributed by atoms with Crippen LogP contribution in [-0.4, -0.2) is 12.0 Å². The van der Waals surface area contributed by atoms with Crippen molar-refractivity contribution in [1.82, 2.24) is 0 Å². The molecule has 1 rings (SSSR count). The molecule has 0 aliphatic rings. The third-order valence-corrected chi connectivity index (χ3v) is 2.77. The second kappa shape index (κ2) is 6.06. The Kier molecular flexibility index (Phi) is 4.73. The molecule has 0 bridgehead atoms. The van der Waals surface area contributed by atoms with E-state index in [1.54, 1.807) is 0 Å². The molecule has 0 atom stereocenters. The van der Waals surface area contributed by atoms with Gasteiger partial charge in [-0.3, -0.25) is 0 Å². The summed E-state index contributed by atoms with van der Waals surface area (Å²) in [5.41, 5.74) is 3.47. The van der Waals surface area contributed by atoms with Crippen LogP contribution in [-0.2, 0) is 0 Å². The zero-order chi connectivity index (χ0) is 13.7. The molecule has 0 aromatic heterocycles. The van der Waals surface area contributed by atoms with Gasteiger partial charge < -0.3 is 0 Å². The van der Waals surface area contributed by atoms with Crippen LogP contribution in [0.2, 0.25) is 0 Å². The molecule has 0 aliphatic heterocycles. The smallest absolute Gasteiger partial charge is 0.0918 e. The quantitative estimate of drug-likeness (QED) is 0.718. The molecule has 0 radical (unpaired) electrons. The lowest BCUT2D eigenvalue weighted by atomic mass is 9.91. The largest absolute Gasteiger partial charge is 0.241 e. The van der Waals surface area contributed by atoms with Gasteiger partial charge in [0.2, 0.25) is 0 Å². The highest BCUT2D eigenvalue weighted by Gasteiger charge is 2.17. The summed E-state index contributed by atoms with van der Waals surface area (Å²) in [6.07, 6.45) is 0. The summed E-state index contributed by atoms with van der Waals surface area (Å²) < 4.78 is 0. The standard InChI is InChI=1S/C14H18N4/c1-9(2)11-5-6-12(17-7-15)13(10(3)4)14(11)18-8-16/h5-6,9-10,15-16H,1-4H3. The molecule has 4 heteroatoms. The first-order valence-electron chi connectivity index (χ1n) is 5.94. The molecular weight excluding hydrogens is 224 g/mol. The molecule has 0 heterocycles. The maximum Gasteiger partial charge on any atom is 0.0918 e. The molecule has 1 aromatic rings. The maximum atomic E-state index is 7.09. The van der Waals surface area contributed by atoms with E-state index in [0.717, 1.165) is 16.8 Å². The number of benzene rings is 1. The fourth-order valence-electron chi connectivity index (χ4n) is 1.99. The highest BCUT2D eigenvalue weighted by Crippen LogP contribution is 2.40. The number of nitrogens with zero attached hydrogens (tertiary/aromatic N) is 2. The van der Waals surface area contributed by atoms with Crippen LogP contribution in [0.4, 0.5) is 11.4 Å². The zero-order valence-electron chi connectivity index (χ0n) is 11.2. The summed E-state index contributed by atoms with van der Waals surface area (Å²) in [6.45, 7) is 8.26. The van der Waals surface area contributed by atoms with E-state index in [-0.39, 0.29) is 5.92 Å². The van der Waals surface area contributed by atoms with Crippen LogP contribution in [0, 0.1) is 10.8 Å². The number of rotatable bonds is 4. The van der Waals surface area contributed by atoms with Crippen LogP contribution in [0.1, 0.15) is 50.7 Å². The summed E-state index contributed by atoms with van der Waals surface area (Å²) >= 11 is 0. The summed E-state index contributed by atoms with van der Waals surface area (Å²) in [5, 5.41) is 14.1. The van der Waals surface area contributed by atoms with Gasteiger partial charge in [0.1, 0.15) is 0 Å². The lowest BCUT2D eigenvalue weighted by Crippen LogP contribution is -1.96. The van der Waals surface area contributed by atoms with Gasteiger partial charge in [-0.15, -0.1) is 0 Å². The Morgan fingerprint density at radius 1 is 0.944 bits per heavy atom. The molecule has 0 aliphatic carbocycles. The minimum Gasteiger partial charge on any atom is -0.241 e. The Bertz CT molecular complexity index is 531. The number of nitrogens with one attached hydrogen (secondary N) is 2. The SMILES string of the molecule is CC(C)c1ccc(N=C=N)c(C(C)C)c1N=C=N. The van der Waals surface area contributed by atoms with Crippen molar-refractivity contribution in [3.8, 4) is 0 Å². The molecule has 94 valence electrons. The van der Waals surface area contributed by atoms with Gasteiger partial charge in [0.05, 0.1) is 23.4 Å². The summed E-state index contributed by atoms with van der Waals surface area (Å²) in [4.78, 5) is 8.00. The van der Waals surface area contributed by atoms with Gasteiger partial charge >= 0.3 is 0 Å². The molecule has 2 N–H and O–H groups in total. The van der Waals surface area contributed by atoms with E-state index in [0.29, 0.717) is 11.6 Å². The van der Waals surface area contributed by atoms with Gasteiger partial charge in [0, 0.05) is 5.56 Å². The summed E-state index contributed by atoms with van der Waals surface area (Å²) in [6, 6.07) is 8.00. The predicted molar refractivity (Wildman–Crippen MR) is 74.2 cm³/mol. The summed E-state index contributed by atoms with van der Waals surface area (Å²) in [5.74, 6) is 0.524. The Morgan fingerprint density at radius 2 is 1.56 bits per heavy atom. The predicted octanol–water partition coefficient (Wildman–Crippen LogP) is 4.70. The van der Waals surface area contributed by atoms with Crippen molar-refractivity contribution in [3.63, 3.8) is 0 Å². The van der Waals surface area contributed by atoms with E-state index in [9.17, 15) is 0 Å². The average molecular weight is 242 g/mol. The van der Waals surface area contributed by atoms with Crippen LogP contribution in [0.25, 0.3) is 0 Å². The highest BCUT2D eigenvalue weighted by molar-refractivity contribution is 5.70. The molecule has 1 aromatic carbocycles. The van der Waals surface area contributed by atoms with E-state index in [1.807, 2.05) is 26.0 Å². The van der Waals surface area contributed by atoms with Gasteiger partial charge in [-0.1, -0.05) is 33.8 Å². The molecule has 4 nitrogen and oxygen atoms in total. The van der Waals surface area contributed by atoms with Crippen LogP contribution in [0.3, 0.4) is 0 Å². The van der Waals surface area contributed by atoms with Crippen molar-refractivity contribution >= 4 is 23.4 Å². The van der Waals surface area contributed by atoms with E-state index < -0.39 is 0 Å². The van der Waals surface area contributed by atoms with Crippen LogP contribution in [0.5, 0.6) is 0 Å². The molecule has 0 saturated carbocycles. The Hall–Kier alpha value is -2.02. The van der Waals surface area contributed by atoms with Crippen molar-refractivity contribution < 1.29 is 0 Å². The van der Waals surface area contributed by atoms with E-state index >= 15 is 0 Å². The monoisotopic (exact) mass is 242 g/mol. The average Bonchev–Trinajstić information content (AvgIpc) is 2.29. The second-order valence-electron chi connectivity index (χ2n) is 4.69. The fraction of sp³-hybridized carbons (Fsp3) is 0.429. The van der Waals surface area contributed by atoms with Crippen molar-refractivity contribution in [2.24, 2.45) is 9.98 Å². The first-order chi connectivity index (χ1) is 8.52. The Labute approximate surface area is 108 Å². The molecule has 0 spiro atoms. The minimum atomic E-state index is 0.211. The first-order valence-corrected chi connectivity index (χ1v) is 5.94. The van der Waals surface area contributed by atoms with E-state index in [2.05, 4.69) is 35.8 Å². The van der Waals surface area contributed by atoms with Crippen LogP contribution >= 0.6 is 0 Å². The molecule has 0 fully saturated rings. The van der Waals surface area contributed by atoms with Crippen molar-refractivity contribution in [1.29, 1.82) is 10.8 Å². The third kappa shape index (κ3) is 2.80. The van der Waals surface area contributed by atoms with Gasteiger partial charge in [-0.05, 0) is 23.5 Å². The van der Waals surface area contributed by atoms with Gasteiger partial charge in [0.15, 0.2) is 0 Å². The molecule has 0 saturated heterocycles. The topological polar surface area (TPSA) is 72.4 Å². The Morgan fingerprint density at radius 3 is 2.00 bits per heavy atom. The molecule has 18 heavy (non-hydrogen) atoms. The molecule has 0 unspecified atom stereocenters. The number of aliphatic imine (C=N–C) groups is 2. The van der Waals surface area contributed by atoms with Crippen LogP contribution in [0.15, 0.2) is 22.1 Å². The van der Waals surface area contributed by atoms with E-state index in [4.69, 9.17) is 10.8 Å². The summed E-state index contributed by atoms with van der Waals surface area (Å²) in [7, 11) is 0. The van der Waals surface area contributed by atoms with Crippen molar-refractivity contribution in [2.45, 2.75) is 39.5 Å². The van der Waals surface area contributed by atoms with Gasteiger partial charge in [0.25, 0.3) is 0 Å². The number of hydrogen-bond acceptors (Lipinski definition) is 4. The second-order valence-corrected chi connectivity index (χ2v) is 4.69. The Balaban J connectivity index is 3.69. The molecule has 0 amide bonds.